The van der Waals surface area contributed by atoms with Crippen molar-refractivity contribution in [2.75, 3.05) is 0 Å². The van der Waals surface area contributed by atoms with E-state index < -0.39 is 47.9 Å². The standard InChI is InChI=1S/C24H42N6O5/c1-7-13(4)18(25)21(31)29-20(15(6)9-3)23(33)30-19(14(5)8-2)22(32)28-17(24(34)35)10-16-11-26-12-27-16/h11-15,17-20H,7-10,25H2,1-6H3,(H,26,27)(H,28,32)(H,29,31)(H,30,33)(H,34,35). The van der Waals surface area contributed by atoms with Crippen LogP contribution in [0.2, 0.25) is 0 Å². The van der Waals surface area contributed by atoms with Crippen LogP contribution < -0.4 is 21.7 Å². The minimum Gasteiger partial charge on any atom is -0.480 e. The monoisotopic (exact) mass is 494 g/mol. The van der Waals surface area contributed by atoms with Crippen molar-refractivity contribution in [3.63, 3.8) is 0 Å². The van der Waals surface area contributed by atoms with Crippen molar-refractivity contribution in [2.24, 2.45) is 23.5 Å². The molecule has 7 N–H and O–H groups in total. The summed E-state index contributed by atoms with van der Waals surface area (Å²) in [6.45, 7) is 11.2. The van der Waals surface area contributed by atoms with Crippen molar-refractivity contribution < 1.29 is 24.3 Å². The van der Waals surface area contributed by atoms with Crippen LogP contribution in [0.3, 0.4) is 0 Å². The van der Waals surface area contributed by atoms with Gasteiger partial charge in [-0.3, -0.25) is 14.4 Å². The number of hydrogen-bond donors (Lipinski definition) is 6. The van der Waals surface area contributed by atoms with E-state index >= 15 is 0 Å². The summed E-state index contributed by atoms with van der Waals surface area (Å²) in [5.74, 6) is -3.29. The van der Waals surface area contributed by atoms with Crippen molar-refractivity contribution in [1.29, 1.82) is 0 Å². The van der Waals surface area contributed by atoms with E-state index in [1.165, 1.54) is 12.5 Å². The molecular formula is C24H42N6O5. The number of aromatic nitrogens is 2. The third-order valence-electron chi connectivity index (χ3n) is 6.74. The topological polar surface area (TPSA) is 179 Å². The highest BCUT2D eigenvalue weighted by molar-refractivity contribution is 5.94. The lowest BCUT2D eigenvalue weighted by Gasteiger charge is -2.30. The van der Waals surface area contributed by atoms with Crippen molar-refractivity contribution in [2.45, 2.75) is 91.4 Å². The van der Waals surface area contributed by atoms with Gasteiger partial charge < -0.3 is 31.8 Å². The number of carboxylic acid groups (broad SMARTS) is 1. The molecule has 0 fully saturated rings. The van der Waals surface area contributed by atoms with Crippen LogP contribution in [0.15, 0.2) is 12.5 Å². The van der Waals surface area contributed by atoms with Gasteiger partial charge in [0.1, 0.15) is 18.1 Å². The lowest BCUT2D eigenvalue weighted by Crippen LogP contribution is -2.60. The first-order valence-electron chi connectivity index (χ1n) is 12.3. The molecule has 0 spiro atoms. The summed E-state index contributed by atoms with van der Waals surface area (Å²) in [5.41, 5.74) is 6.60. The number of nitrogens with two attached hydrogens (primary N) is 1. The molecule has 0 bridgehead atoms. The van der Waals surface area contributed by atoms with E-state index in [1.807, 2.05) is 34.6 Å². The normalized spacial score (nSPS) is 17.2. The molecule has 0 aliphatic rings. The van der Waals surface area contributed by atoms with E-state index in [2.05, 4.69) is 25.9 Å². The summed E-state index contributed by atoms with van der Waals surface area (Å²) < 4.78 is 0. The van der Waals surface area contributed by atoms with Gasteiger partial charge in [0.05, 0.1) is 12.4 Å². The average Bonchev–Trinajstić information content (AvgIpc) is 3.35. The van der Waals surface area contributed by atoms with E-state index in [4.69, 9.17) is 5.73 Å². The molecule has 35 heavy (non-hydrogen) atoms. The number of imidazole rings is 1. The highest BCUT2D eigenvalue weighted by Gasteiger charge is 2.34. The number of carbonyl (C=O) groups is 4. The Labute approximate surface area is 207 Å². The van der Waals surface area contributed by atoms with E-state index in [0.29, 0.717) is 25.0 Å². The molecule has 3 amide bonds. The van der Waals surface area contributed by atoms with Gasteiger partial charge in [-0.25, -0.2) is 9.78 Å². The molecule has 0 saturated heterocycles. The summed E-state index contributed by atoms with van der Waals surface area (Å²) in [6, 6.07) is -3.83. The molecule has 1 rings (SSSR count). The molecule has 1 aromatic heterocycles. The second kappa shape index (κ2) is 14.4. The second-order valence-electron chi connectivity index (χ2n) is 9.34. The fourth-order valence-electron chi connectivity index (χ4n) is 3.49. The molecule has 7 unspecified atom stereocenters. The number of H-pyrrole nitrogens is 1. The number of aromatic amines is 1. The predicted octanol–water partition coefficient (Wildman–Crippen LogP) is 0.957. The molecule has 0 radical (unpaired) electrons. The predicted molar refractivity (Wildman–Crippen MR) is 132 cm³/mol. The van der Waals surface area contributed by atoms with Crippen LogP contribution in [0.5, 0.6) is 0 Å². The third-order valence-corrected chi connectivity index (χ3v) is 6.74. The fourth-order valence-corrected chi connectivity index (χ4v) is 3.49. The Morgan fingerprint density at radius 1 is 0.886 bits per heavy atom. The van der Waals surface area contributed by atoms with Gasteiger partial charge in [0.25, 0.3) is 0 Å². The van der Waals surface area contributed by atoms with Crippen LogP contribution in [0.25, 0.3) is 0 Å². The summed E-state index contributed by atoms with van der Waals surface area (Å²) in [4.78, 5) is 57.5. The van der Waals surface area contributed by atoms with Crippen molar-refractivity contribution >= 4 is 23.7 Å². The molecule has 0 aromatic carbocycles. The molecule has 11 nitrogen and oxygen atoms in total. The zero-order chi connectivity index (χ0) is 26.7. The van der Waals surface area contributed by atoms with E-state index in [1.54, 1.807) is 6.92 Å². The molecular weight excluding hydrogens is 452 g/mol. The maximum atomic E-state index is 13.3. The zero-order valence-electron chi connectivity index (χ0n) is 21.6. The van der Waals surface area contributed by atoms with Gasteiger partial charge in [0.2, 0.25) is 17.7 Å². The molecule has 11 heteroatoms. The van der Waals surface area contributed by atoms with Crippen LogP contribution in [-0.2, 0) is 25.6 Å². The number of amides is 3. The minimum atomic E-state index is -1.20. The summed E-state index contributed by atoms with van der Waals surface area (Å²) in [6.07, 6.45) is 4.82. The van der Waals surface area contributed by atoms with Gasteiger partial charge in [0.15, 0.2) is 0 Å². The van der Waals surface area contributed by atoms with Gasteiger partial charge in [-0.2, -0.15) is 0 Å². The van der Waals surface area contributed by atoms with Gasteiger partial charge >= 0.3 is 5.97 Å². The summed E-state index contributed by atoms with van der Waals surface area (Å²) >= 11 is 0. The van der Waals surface area contributed by atoms with E-state index in [-0.39, 0.29) is 24.2 Å². The second-order valence-corrected chi connectivity index (χ2v) is 9.34. The number of aliphatic carboxylic acids is 1. The van der Waals surface area contributed by atoms with Crippen LogP contribution in [0, 0.1) is 17.8 Å². The van der Waals surface area contributed by atoms with Gasteiger partial charge in [0, 0.05) is 18.3 Å². The van der Waals surface area contributed by atoms with E-state index in [9.17, 15) is 24.3 Å². The van der Waals surface area contributed by atoms with Crippen LogP contribution in [-0.4, -0.2) is 62.9 Å². The lowest BCUT2D eigenvalue weighted by molar-refractivity contribution is -0.142. The first-order valence-corrected chi connectivity index (χ1v) is 12.3. The highest BCUT2D eigenvalue weighted by Crippen LogP contribution is 2.14. The number of nitrogens with one attached hydrogen (secondary N) is 4. The average molecular weight is 495 g/mol. The molecule has 7 atom stereocenters. The Morgan fingerprint density at radius 3 is 1.80 bits per heavy atom. The van der Waals surface area contributed by atoms with Crippen molar-refractivity contribution in [3.8, 4) is 0 Å². The summed E-state index contributed by atoms with van der Waals surface area (Å²) in [7, 11) is 0. The largest absolute Gasteiger partial charge is 0.480 e. The number of carboxylic acids is 1. The Hall–Kier alpha value is -2.95. The first-order chi connectivity index (χ1) is 16.5. The Balaban J connectivity index is 3.04. The van der Waals surface area contributed by atoms with Gasteiger partial charge in [-0.1, -0.05) is 60.8 Å². The van der Waals surface area contributed by atoms with Crippen molar-refractivity contribution in [1.82, 2.24) is 25.9 Å². The molecule has 198 valence electrons. The molecule has 0 saturated carbocycles. The molecule has 1 aromatic rings. The zero-order valence-corrected chi connectivity index (χ0v) is 21.6. The summed E-state index contributed by atoms with van der Waals surface area (Å²) in [5, 5.41) is 17.6. The van der Waals surface area contributed by atoms with Crippen LogP contribution >= 0.6 is 0 Å². The molecule has 0 aliphatic heterocycles. The maximum Gasteiger partial charge on any atom is 0.326 e. The van der Waals surface area contributed by atoms with E-state index in [0.717, 1.165) is 0 Å². The Kier molecular flexibility index (Phi) is 12.4. The Morgan fingerprint density at radius 2 is 1.37 bits per heavy atom. The number of nitrogens with zero attached hydrogens (tertiary/aromatic N) is 1. The number of rotatable bonds is 15. The third kappa shape index (κ3) is 8.97. The number of hydrogen-bond acceptors (Lipinski definition) is 6. The minimum absolute atomic E-state index is 0.0152. The number of carbonyl (C=O) groups excluding carboxylic acids is 3. The van der Waals surface area contributed by atoms with Crippen molar-refractivity contribution in [3.05, 3.63) is 18.2 Å². The molecule has 0 aliphatic carbocycles. The smallest absolute Gasteiger partial charge is 0.326 e. The lowest BCUT2D eigenvalue weighted by atomic mass is 9.93. The Bertz CT molecular complexity index is 830. The first kappa shape index (κ1) is 30.1. The van der Waals surface area contributed by atoms with Gasteiger partial charge in [-0.05, 0) is 17.8 Å². The van der Waals surface area contributed by atoms with Crippen LogP contribution in [0.4, 0.5) is 0 Å². The SMILES string of the molecule is CCC(C)C(N)C(=O)NC(C(=O)NC(C(=O)NC(Cc1cnc[nH]1)C(=O)O)C(C)CC)C(C)CC. The highest BCUT2D eigenvalue weighted by atomic mass is 16.4. The molecule has 1 heterocycles. The quantitative estimate of drug-likeness (QED) is 0.210. The maximum absolute atomic E-state index is 13.3. The fraction of sp³-hybridized carbons (Fsp3) is 0.708. The van der Waals surface area contributed by atoms with Crippen LogP contribution in [0.1, 0.15) is 66.5 Å². The van der Waals surface area contributed by atoms with Gasteiger partial charge in [-0.15, -0.1) is 0 Å².